The van der Waals surface area contributed by atoms with Gasteiger partial charge in [-0.2, -0.15) is 0 Å². The minimum atomic E-state index is -0.347. The smallest absolute Gasteiger partial charge is 0.291 e. The molecule has 0 aliphatic heterocycles. The molecule has 0 aliphatic carbocycles. The van der Waals surface area contributed by atoms with Crippen molar-refractivity contribution in [2.75, 3.05) is 5.32 Å². The van der Waals surface area contributed by atoms with E-state index in [2.05, 4.69) is 10.6 Å². The van der Waals surface area contributed by atoms with Gasteiger partial charge < -0.3 is 19.5 Å². The predicted octanol–water partition coefficient (Wildman–Crippen LogP) is 4.77. The van der Waals surface area contributed by atoms with Gasteiger partial charge in [0.05, 0.1) is 12.3 Å². The van der Waals surface area contributed by atoms with Gasteiger partial charge in [-0.05, 0) is 55.5 Å². The van der Waals surface area contributed by atoms with Crippen LogP contribution in [0, 0.1) is 0 Å². The fraction of sp³-hybridized carbons (Fsp3) is 0.0909. The summed E-state index contributed by atoms with van der Waals surface area (Å²) in [6, 6.07) is 19.2. The Morgan fingerprint density at radius 2 is 1.71 bits per heavy atom. The zero-order chi connectivity index (χ0) is 19.5. The van der Waals surface area contributed by atoms with Gasteiger partial charge in [-0.3, -0.25) is 9.59 Å². The van der Waals surface area contributed by atoms with Crippen LogP contribution in [0.1, 0.15) is 39.6 Å². The summed E-state index contributed by atoms with van der Waals surface area (Å²) >= 11 is 0. The average molecular weight is 374 g/mol. The molecule has 0 fully saturated rings. The summed E-state index contributed by atoms with van der Waals surface area (Å²) < 4.78 is 10.8. The number of rotatable bonds is 5. The zero-order valence-electron chi connectivity index (χ0n) is 15.1. The van der Waals surface area contributed by atoms with Gasteiger partial charge in [0.1, 0.15) is 11.3 Å². The molecule has 2 heterocycles. The summed E-state index contributed by atoms with van der Waals surface area (Å²) in [6.45, 7) is 1.87. The second kappa shape index (κ2) is 7.44. The molecule has 2 amide bonds. The molecule has 4 rings (SSSR count). The van der Waals surface area contributed by atoms with Gasteiger partial charge in [-0.15, -0.1) is 0 Å². The average Bonchev–Trinajstić information content (AvgIpc) is 3.38. The van der Waals surface area contributed by atoms with E-state index < -0.39 is 0 Å². The predicted molar refractivity (Wildman–Crippen MR) is 105 cm³/mol. The van der Waals surface area contributed by atoms with Crippen molar-refractivity contribution < 1.29 is 18.4 Å². The Labute approximate surface area is 161 Å². The van der Waals surface area contributed by atoms with E-state index in [1.165, 1.54) is 6.26 Å². The number of hydrogen-bond acceptors (Lipinski definition) is 4. The normalized spacial score (nSPS) is 11.9. The number of benzene rings is 2. The number of hydrogen-bond donors (Lipinski definition) is 2. The molecule has 0 bridgehead atoms. The largest absolute Gasteiger partial charge is 0.459 e. The van der Waals surface area contributed by atoms with Crippen molar-refractivity contribution in [1.29, 1.82) is 0 Å². The van der Waals surface area contributed by atoms with Crippen molar-refractivity contribution in [3.05, 3.63) is 90.1 Å². The van der Waals surface area contributed by atoms with E-state index in [4.69, 9.17) is 8.83 Å². The molecule has 0 saturated heterocycles. The number of amides is 2. The topological polar surface area (TPSA) is 84.5 Å². The molecule has 28 heavy (non-hydrogen) atoms. The Kier molecular flexibility index (Phi) is 4.68. The molecule has 0 saturated carbocycles. The molecule has 140 valence electrons. The summed E-state index contributed by atoms with van der Waals surface area (Å²) in [6.07, 6.45) is 1.44. The Balaban J connectivity index is 1.41. The first-order chi connectivity index (χ1) is 13.6. The van der Waals surface area contributed by atoms with Crippen molar-refractivity contribution in [1.82, 2.24) is 5.32 Å². The van der Waals surface area contributed by atoms with Crippen molar-refractivity contribution in [2.24, 2.45) is 0 Å². The number of nitrogens with one attached hydrogen (secondary N) is 2. The standard InChI is InChI=1S/C22H18N2O4/c1-14(20-13-16-5-2-3-6-18(16)28-20)23-21(25)15-8-10-17(11-9-15)24-22(26)19-7-4-12-27-19/h2-14H,1H3,(H,23,25)(H,24,26)/t14-/m0/s1. The number of fused-ring (bicyclic) bond motifs is 1. The van der Waals surface area contributed by atoms with Crippen LogP contribution in [-0.4, -0.2) is 11.8 Å². The third-order valence-corrected chi connectivity index (χ3v) is 4.37. The molecular formula is C22H18N2O4. The van der Waals surface area contributed by atoms with Gasteiger partial charge in [0.15, 0.2) is 5.76 Å². The maximum Gasteiger partial charge on any atom is 0.291 e. The van der Waals surface area contributed by atoms with Gasteiger partial charge in [0, 0.05) is 16.6 Å². The summed E-state index contributed by atoms with van der Waals surface area (Å²) in [5, 5.41) is 6.63. The second-order valence-corrected chi connectivity index (χ2v) is 6.39. The van der Waals surface area contributed by atoms with Gasteiger partial charge in [-0.25, -0.2) is 0 Å². The van der Waals surface area contributed by atoms with E-state index in [9.17, 15) is 9.59 Å². The minimum Gasteiger partial charge on any atom is -0.459 e. The molecule has 0 spiro atoms. The van der Waals surface area contributed by atoms with E-state index in [0.717, 1.165) is 11.0 Å². The molecule has 2 aromatic heterocycles. The van der Waals surface area contributed by atoms with E-state index in [0.29, 0.717) is 17.0 Å². The Morgan fingerprint density at radius 1 is 0.929 bits per heavy atom. The van der Waals surface area contributed by atoms with Crippen LogP contribution in [0.5, 0.6) is 0 Å². The van der Waals surface area contributed by atoms with Crippen molar-refractivity contribution in [2.45, 2.75) is 13.0 Å². The lowest BCUT2D eigenvalue weighted by Crippen LogP contribution is -2.26. The molecule has 1 atom stereocenters. The zero-order valence-corrected chi connectivity index (χ0v) is 15.1. The highest BCUT2D eigenvalue weighted by Crippen LogP contribution is 2.24. The highest BCUT2D eigenvalue weighted by atomic mass is 16.3. The fourth-order valence-electron chi connectivity index (χ4n) is 2.87. The number of para-hydroxylation sites is 1. The lowest BCUT2D eigenvalue weighted by atomic mass is 10.1. The van der Waals surface area contributed by atoms with Crippen molar-refractivity contribution >= 4 is 28.5 Å². The minimum absolute atomic E-state index is 0.224. The lowest BCUT2D eigenvalue weighted by molar-refractivity contribution is 0.0935. The first-order valence-corrected chi connectivity index (χ1v) is 8.84. The molecule has 6 heteroatoms. The summed E-state index contributed by atoms with van der Waals surface area (Å²) in [7, 11) is 0. The van der Waals surface area contributed by atoms with Crippen LogP contribution in [-0.2, 0) is 0 Å². The summed E-state index contributed by atoms with van der Waals surface area (Å²) in [4.78, 5) is 24.5. The van der Waals surface area contributed by atoms with E-state index in [-0.39, 0.29) is 23.6 Å². The van der Waals surface area contributed by atoms with Crippen LogP contribution in [0.2, 0.25) is 0 Å². The molecule has 2 N–H and O–H groups in total. The Hall–Kier alpha value is -3.80. The van der Waals surface area contributed by atoms with E-state index in [1.54, 1.807) is 36.4 Å². The SMILES string of the molecule is C[C@H](NC(=O)c1ccc(NC(=O)c2ccco2)cc1)c1cc2ccccc2o1. The first-order valence-electron chi connectivity index (χ1n) is 8.84. The van der Waals surface area contributed by atoms with Crippen molar-refractivity contribution in [3.8, 4) is 0 Å². The van der Waals surface area contributed by atoms with E-state index in [1.807, 2.05) is 37.3 Å². The maximum atomic E-state index is 12.5. The number of anilines is 1. The number of furan rings is 2. The number of carbonyl (C=O) groups is 2. The lowest BCUT2D eigenvalue weighted by Gasteiger charge is -2.12. The van der Waals surface area contributed by atoms with Gasteiger partial charge in [-0.1, -0.05) is 18.2 Å². The van der Waals surface area contributed by atoms with Gasteiger partial charge >= 0.3 is 0 Å². The summed E-state index contributed by atoms with van der Waals surface area (Å²) in [5.74, 6) is 0.343. The van der Waals surface area contributed by atoms with E-state index >= 15 is 0 Å². The summed E-state index contributed by atoms with van der Waals surface area (Å²) in [5.41, 5.74) is 1.84. The Bertz CT molecular complexity index is 1080. The molecule has 2 aromatic carbocycles. The highest BCUT2D eigenvalue weighted by molar-refractivity contribution is 6.02. The highest BCUT2D eigenvalue weighted by Gasteiger charge is 2.16. The van der Waals surface area contributed by atoms with Crippen LogP contribution >= 0.6 is 0 Å². The van der Waals surface area contributed by atoms with Crippen LogP contribution in [0.15, 0.2) is 81.8 Å². The third-order valence-electron chi connectivity index (χ3n) is 4.37. The molecule has 4 aromatic rings. The van der Waals surface area contributed by atoms with Gasteiger partial charge in [0.25, 0.3) is 11.8 Å². The quantitative estimate of drug-likeness (QED) is 0.527. The van der Waals surface area contributed by atoms with Crippen molar-refractivity contribution in [3.63, 3.8) is 0 Å². The monoisotopic (exact) mass is 374 g/mol. The fourth-order valence-corrected chi connectivity index (χ4v) is 2.87. The van der Waals surface area contributed by atoms with Crippen LogP contribution in [0.25, 0.3) is 11.0 Å². The second-order valence-electron chi connectivity index (χ2n) is 6.39. The van der Waals surface area contributed by atoms with Crippen LogP contribution in [0.3, 0.4) is 0 Å². The molecule has 6 nitrogen and oxygen atoms in total. The third kappa shape index (κ3) is 3.66. The maximum absolute atomic E-state index is 12.5. The van der Waals surface area contributed by atoms with Crippen LogP contribution in [0.4, 0.5) is 5.69 Å². The van der Waals surface area contributed by atoms with Crippen LogP contribution < -0.4 is 10.6 Å². The van der Waals surface area contributed by atoms with Gasteiger partial charge in [0.2, 0.25) is 0 Å². The molecule has 0 unspecified atom stereocenters. The number of carbonyl (C=O) groups excluding carboxylic acids is 2. The molecular weight excluding hydrogens is 356 g/mol. The Morgan fingerprint density at radius 3 is 2.43 bits per heavy atom. The molecule has 0 radical (unpaired) electrons. The first kappa shape index (κ1) is 17.6. The molecule has 0 aliphatic rings.